The van der Waals surface area contributed by atoms with Crippen molar-refractivity contribution in [2.75, 3.05) is 7.05 Å². The molecule has 0 radical (unpaired) electrons. The Morgan fingerprint density at radius 1 is 1.04 bits per heavy atom. The van der Waals surface area contributed by atoms with Gasteiger partial charge in [-0.05, 0) is 63.1 Å². The van der Waals surface area contributed by atoms with Crippen LogP contribution in [0.5, 0.6) is 0 Å². The number of nitrogens with one attached hydrogen (secondary N) is 2. The van der Waals surface area contributed by atoms with Gasteiger partial charge in [-0.1, -0.05) is 12.1 Å². The molecule has 1 unspecified atom stereocenters. The SMILES string of the molecule is CNC1CCC(Cc2cccc3c2C(=O)N(C2CCC(=O)NC2=O)C3=O)CC1. The number of fused-ring (bicyclic) bond motifs is 1. The molecule has 0 aromatic heterocycles. The van der Waals surface area contributed by atoms with Gasteiger partial charge in [0.25, 0.3) is 11.8 Å². The van der Waals surface area contributed by atoms with E-state index < -0.39 is 23.8 Å². The Labute approximate surface area is 163 Å². The predicted octanol–water partition coefficient (Wildman–Crippen LogP) is 1.41. The Bertz CT molecular complexity index is 842. The van der Waals surface area contributed by atoms with Crippen molar-refractivity contribution < 1.29 is 19.2 Å². The lowest BCUT2D eigenvalue weighted by Crippen LogP contribution is -2.54. The van der Waals surface area contributed by atoms with Crippen molar-refractivity contribution in [2.45, 2.75) is 57.0 Å². The minimum Gasteiger partial charge on any atom is -0.317 e. The molecular formula is C21H25N3O4. The van der Waals surface area contributed by atoms with Crippen molar-refractivity contribution in [3.05, 3.63) is 34.9 Å². The van der Waals surface area contributed by atoms with Gasteiger partial charge in [0.15, 0.2) is 0 Å². The van der Waals surface area contributed by atoms with Gasteiger partial charge in [0.2, 0.25) is 11.8 Å². The van der Waals surface area contributed by atoms with Gasteiger partial charge in [-0.15, -0.1) is 0 Å². The fourth-order valence-electron chi connectivity index (χ4n) is 4.72. The first-order valence-corrected chi connectivity index (χ1v) is 10.00. The molecule has 2 heterocycles. The molecule has 4 rings (SSSR count). The van der Waals surface area contributed by atoms with Gasteiger partial charge in [0, 0.05) is 12.5 Å². The highest BCUT2D eigenvalue weighted by Gasteiger charge is 2.45. The molecule has 3 aliphatic rings. The van der Waals surface area contributed by atoms with Crippen LogP contribution in [-0.2, 0) is 16.0 Å². The zero-order valence-corrected chi connectivity index (χ0v) is 16.0. The Kier molecular flexibility index (Phi) is 5.02. The van der Waals surface area contributed by atoms with E-state index in [1.165, 1.54) is 0 Å². The highest BCUT2D eigenvalue weighted by atomic mass is 16.2. The number of piperidine rings is 1. The van der Waals surface area contributed by atoms with Crippen LogP contribution in [-0.4, -0.2) is 47.7 Å². The van der Waals surface area contributed by atoms with Crippen LogP contribution in [0, 0.1) is 5.92 Å². The van der Waals surface area contributed by atoms with Crippen molar-refractivity contribution in [3.8, 4) is 0 Å². The van der Waals surface area contributed by atoms with Crippen LogP contribution in [0.1, 0.15) is 64.8 Å². The third-order valence-corrected chi connectivity index (χ3v) is 6.32. The van der Waals surface area contributed by atoms with Crippen LogP contribution in [0.2, 0.25) is 0 Å². The second kappa shape index (κ2) is 7.47. The van der Waals surface area contributed by atoms with Crippen LogP contribution in [0.25, 0.3) is 0 Å². The highest BCUT2D eigenvalue weighted by Crippen LogP contribution is 2.33. The normalized spacial score (nSPS) is 27.8. The lowest BCUT2D eigenvalue weighted by Gasteiger charge is -2.29. The maximum Gasteiger partial charge on any atom is 0.262 e. The molecule has 7 heteroatoms. The van der Waals surface area contributed by atoms with Crippen molar-refractivity contribution in [3.63, 3.8) is 0 Å². The standard InChI is InChI=1S/C21H25N3O4/c1-22-14-7-5-12(6-8-14)11-13-3-2-4-15-18(13)21(28)24(20(15)27)16-9-10-17(25)23-19(16)26/h2-4,12,14,16,22H,5-11H2,1H3,(H,23,25,26). The van der Waals surface area contributed by atoms with E-state index in [2.05, 4.69) is 10.6 Å². The van der Waals surface area contributed by atoms with E-state index in [0.717, 1.165) is 42.6 Å². The summed E-state index contributed by atoms with van der Waals surface area (Å²) in [6, 6.07) is 5.03. The molecule has 0 spiro atoms. The maximum absolute atomic E-state index is 13.1. The van der Waals surface area contributed by atoms with E-state index >= 15 is 0 Å². The van der Waals surface area contributed by atoms with E-state index in [9.17, 15) is 19.2 Å². The maximum atomic E-state index is 13.1. The lowest BCUT2D eigenvalue weighted by molar-refractivity contribution is -0.136. The summed E-state index contributed by atoms with van der Waals surface area (Å²) in [7, 11) is 1.99. The summed E-state index contributed by atoms with van der Waals surface area (Å²) < 4.78 is 0. The smallest absolute Gasteiger partial charge is 0.262 e. The van der Waals surface area contributed by atoms with Gasteiger partial charge in [-0.3, -0.25) is 29.4 Å². The van der Waals surface area contributed by atoms with Gasteiger partial charge in [-0.25, -0.2) is 0 Å². The summed E-state index contributed by atoms with van der Waals surface area (Å²) in [6.07, 6.45) is 5.49. The van der Waals surface area contributed by atoms with Crippen LogP contribution in [0.4, 0.5) is 0 Å². The summed E-state index contributed by atoms with van der Waals surface area (Å²) in [5, 5.41) is 5.56. The molecule has 1 saturated carbocycles. The molecule has 1 aliphatic carbocycles. The quantitative estimate of drug-likeness (QED) is 0.767. The number of carbonyl (C=O) groups is 4. The third-order valence-electron chi connectivity index (χ3n) is 6.32. The van der Waals surface area contributed by atoms with E-state index in [0.29, 0.717) is 23.1 Å². The average Bonchev–Trinajstić information content (AvgIpc) is 2.94. The Morgan fingerprint density at radius 3 is 2.46 bits per heavy atom. The van der Waals surface area contributed by atoms with Crippen molar-refractivity contribution in [1.29, 1.82) is 0 Å². The summed E-state index contributed by atoms with van der Waals surface area (Å²) in [5.41, 5.74) is 1.70. The van der Waals surface area contributed by atoms with Crippen LogP contribution in [0.3, 0.4) is 0 Å². The van der Waals surface area contributed by atoms with Gasteiger partial charge >= 0.3 is 0 Å². The number of rotatable bonds is 4. The first-order valence-electron chi connectivity index (χ1n) is 10.00. The molecular weight excluding hydrogens is 358 g/mol. The summed E-state index contributed by atoms with van der Waals surface area (Å²) in [5.74, 6) is -1.29. The van der Waals surface area contributed by atoms with E-state index in [4.69, 9.17) is 0 Å². The minimum absolute atomic E-state index is 0.130. The second-order valence-electron chi connectivity index (χ2n) is 8.00. The molecule has 148 valence electrons. The van der Waals surface area contributed by atoms with E-state index in [-0.39, 0.29) is 18.7 Å². The molecule has 2 fully saturated rings. The van der Waals surface area contributed by atoms with Gasteiger partial charge in [0.1, 0.15) is 6.04 Å². The summed E-state index contributed by atoms with van der Waals surface area (Å²) >= 11 is 0. The number of imide groups is 2. The monoisotopic (exact) mass is 383 g/mol. The van der Waals surface area contributed by atoms with Crippen molar-refractivity contribution in [1.82, 2.24) is 15.5 Å². The zero-order chi connectivity index (χ0) is 19.8. The van der Waals surface area contributed by atoms with E-state index in [1.807, 2.05) is 19.2 Å². The number of hydrogen-bond acceptors (Lipinski definition) is 5. The van der Waals surface area contributed by atoms with Crippen LogP contribution >= 0.6 is 0 Å². The number of amides is 4. The van der Waals surface area contributed by atoms with Gasteiger partial charge in [0.05, 0.1) is 11.1 Å². The van der Waals surface area contributed by atoms with Crippen LogP contribution < -0.4 is 10.6 Å². The summed E-state index contributed by atoms with van der Waals surface area (Å²) in [6.45, 7) is 0. The van der Waals surface area contributed by atoms with Crippen molar-refractivity contribution in [2.24, 2.45) is 5.92 Å². The Hall–Kier alpha value is -2.54. The minimum atomic E-state index is -0.913. The molecule has 1 aromatic rings. The highest BCUT2D eigenvalue weighted by molar-refractivity contribution is 6.24. The predicted molar refractivity (Wildman–Crippen MR) is 102 cm³/mol. The molecule has 0 bridgehead atoms. The zero-order valence-electron chi connectivity index (χ0n) is 16.0. The first kappa shape index (κ1) is 18.8. The average molecular weight is 383 g/mol. The Balaban J connectivity index is 1.56. The largest absolute Gasteiger partial charge is 0.317 e. The fourth-order valence-corrected chi connectivity index (χ4v) is 4.72. The topological polar surface area (TPSA) is 95.6 Å². The third kappa shape index (κ3) is 3.24. The molecule has 2 N–H and O–H groups in total. The van der Waals surface area contributed by atoms with Crippen LogP contribution in [0.15, 0.2) is 18.2 Å². The second-order valence-corrected chi connectivity index (χ2v) is 8.00. The molecule has 28 heavy (non-hydrogen) atoms. The number of carbonyl (C=O) groups excluding carboxylic acids is 4. The van der Waals surface area contributed by atoms with Crippen molar-refractivity contribution >= 4 is 23.6 Å². The van der Waals surface area contributed by atoms with E-state index in [1.54, 1.807) is 6.07 Å². The molecule has 4 amide bonds. The molecule has 7 nitrogen and oxygen atoms in total. The first-order chi connectivity index (χ1) is 13.5. The fraction of sp³-hybridized carbons (Fsp3) is 0.524. The lowest BCUT2D eigenvalue weighted by atomic mass is 9.81. The van der Waals surface area contributed by atoms with Gasteiger partial charge in [-0.2, -0.15) is 0 Å². The molecule has 2 aliphatic heterocycles. The number of benzene rings is 1. The number of nitrogens with zero attached hydrogens (tertiary/aromatic N) is 1. The summed E-state index contributed by atoms with van der Waals surface area (Å²) in [4.78, 5) is 50.7. The van der Waals surface area contributed by atoms with Gasteiger partial charge < -0.3 is 5.32 Å². The number of hydrogen-bond donors (Lipinski definition) is 2. The molecule has 1 aromatic carbocycles. The Morgan fingerprint density at radius 2 is 1.79 bits per heavy atom. The molecule has 1 atom stereocenters. The molecule has 1 saturated heterocycles.